The zero-order valence-corrected chi connectivity index (χ0v) is 11.7. The highest BCUT2D eigenvalue weighted by molar-refractivity contribution is 7.90. The van der Waals surface area contributed by atoms with Gasteiger partial charge < -0.3 is 10.1 Å². The fourth-order valence-corrected chi connectivity index (χ4v) is 2.71. The summed E-state index contributed by atoms with van der Waals surface area (Å²) in [5.74, 6) is 0. The van der Waals surface area contributed by atoms with Crippen LogP contribution in [0.4, 0.5) is 0 Å². The van der Waals surface area contributed by atoms with Crippen LogP contribution in [0, 0.1) is 0 Å². The van der Waals surface area contributed by atoms with Gasteiger partial charge in [0.15, 0.2) is 0 Å². The van der Waals surface area contributed by atoms with E-state index in [0.717, 1.165) is 0 Å². The Labute approximate surface area is 104 Å². The van der Waals surface area contributed by atoms with Gasteiger partial charge in [-0.1, -0.05) is 0 Å². The van der Waals surface area contributed by atoms with E-state index in [0.29, 0.717) is 25.6 Å². The van der Waals surface area contributed by atoms with Crippen molar-refractivity contribution in [2.75, 3.05) is 20.3 Å². The third kappa shape index (κ3) is 5.81. The van der Waals surface area contributed by atoms with E-state index in [1.807, 2.05) is 6.92 Å². The lowest BCUT2D eigenvalue weighted by molar-refractivity contribution is 0.188. The highest BCUT2D eigenvalue weighted by Gasteiger charge is 2.26. The van der Waals surface area contributed by atoms with Gasteiger partial charge in [-0.15, -0.1) is 0 Å². The first-order chi connectivity index (χ1) is 7.95. The van der Waals surface area contributed by atoms with Crippen LogP contribution in [0.25, 0.3) is 0 Å². The fourth-order valence-electron chi connectivity index (χ4n) is 1.48. The normalized spacial score (nSPS) is 20.2. The Morgan fingerprint density at radius 3 is 2.53 bits per heavy atom. The predicted octanol–water partition coefficient (Wildman–Crippen LogP) is 0.471. The molecule has 0 heterocycles. The number of rotatable bonds is 9. The summed E-state index contributed by atoms with van der Waals surface area (Å²) in [6.45, 7) is 4.69. The lowest BCUT2D eigenvalue weighted by Gasteiger charge is -2.18. The van der Waals surface area contributed by atoms with E-state index in [2.05, 4.69) is 10.0 Å². The number of ether oxygens (including phenoxy) is 1. The monoisotopic (exact) mass is 264 g/mol. The van der Waals surface area contributed by atoms with Gasteiger partial charge in [-0.05, 0) is 33.1 Å². The van der Waals surface area contributed by atoms with E-state index in [1.54, 1.807) is 14.0 Å². The van der Waals surface area contributed by atoms with Crippen LogP contribution in [-0.4, -0.2) is 46.0 Å². The maximum atomic E-state index is 11.9. The van der Waals surface area contributed by atoms with Crippen LogP contribution >= 0.6 is 0 Å². The van der Waals surface area contributed by atoms with Gasteiger partial charge in [0.25, 0.3) is 0 Å². The van der Waals surface area contributed by atoms with Crippen LogP contribution in [0.1, 0.15) is 33.1 Å². The summed E-state index contributed by atoms with van der Waals surface area (Å²) in [5, 5.41) is 2.84. The molecule has 2 atom stereocenters. The first kappa shape index (κ1) is 14.9. The molecule has 0 radical (unpaired) electrons. The van der Waals surface area contributed by atoms with Crippen molar-refractivity contribution in [1.82, 2.24) is 10.0 Å². The zero-order chi connectivity index (χ0) is 12.9. The summed E-state index contributed by atoms with van der Waals surface area (Å²) in [6, 6.07) is 0.460. The van der Waals surface area contributed by atoms with E-state index >= 15 is 0 Å². The molecule has 2 unspecified atom stereocenters. The first-order valence-corrected chi connectivity index (χ1v) is 7.74. The first-order valence-electron chi connectivity index (χ1n) is 6.19. The van der Waals surface area contributed by atoms with Gasteiger partial charge in [0.2, 0.25) is 10.0 Å². The molecule has 1 aliphatic carbocycles. The molecule has 0 amide bonds. The van der Waals surface area contributed by atoms with Crippen molar-refractivity contribution < 1.29 is 13.2 Å². The second-order valence-corrected chi connectivity index (χ2v) is 6.97. The molecule has 1 aliphatic rings. The molecule has 1 rings (SSSR count). The minimum absolute atomic E-state index is 0.0803. The van der Waals surface area contributed by atoms with Crippen molar-refractivity contribution in [2.45, 2.75) is 50.4 Å². The molecule has 17 heavy (non-hydrogen) atoms. The molecule has 5 nitrogen and oxygen atoms in total. The van der Waals surface area contributed by atoms with Crippen molar-refractivity contribution in [3.8, 4) is 0 Å². The molecule has 0 spiro atoms. The molecule has 0 aromatic rings. The van der Waals surface area contributed by atoms with Crippen molar-refractivity contribution in [3.05, 3.63) is 0 Å². The van der Waals surface area contributed by atoms with Gasteiger partial charge in [0, 0.05) is 32.3 Å². The van der Waals surface area contributed by atoms with Crippen molar-refractivity contribution in [3.63, 3.8) is 0 Å². The molecule has 0 saturated heterocycles. The summed E-state index contributed by atoms with van der Waals surface area (Å²) in [6.07, 6.45) is 3.04. The van der Waals surface area contributed by atoms with Crippen molar-refractivity contribution in [1.29, 1.82) is 0 Å². The molecule has 0 aromatic carbocycles. The molecular formula is C11H24N2O3S. The molecule has 102 valence electrons. The van der Waals surface area contributed by atoms with Crippen LogP contribution in [-0.2, 0) is 14.8 Å². The summed E-state index contributed by atoms with van der Waals surface area (Å²) in [7, 11) is -1.61. The minimum atomic E-state index is -3.23. The average molecular weight is 264 g/mol. The quantitative estimate of drug-likeness (QED) is 0.635. The summed E-state index contributed by atoms with van der Waals surface area (Å²) in [5.41, 5.74) is 0. The Morgan fingerprint density at radius 1 is 1.35 bits per heavy atom. The zero-order valence-electron chi connectivity index (χ0n) is 10.9. The maximum absolute atomic E-state index is 11.9. The molecular weight excluding hydrogens is 240 g/mol. The third-order valence-corrected chi connectivity index (χ3v) is 4.88. The van der Waals surface area contributed by atoms with Gasteiger partial charge in [0.05, 0.1) is 5.25 Å². The Hall–Kier alpha value is -0.170. The van der Waals surface area contributed by atoms with Crippen LogP contribution in [0.2, 0.25) is 0 Å². The molecule has 0 aliphatic heterocycles. The topological polar surface area (TPSA) is 67.4 Å². The van der Waals surface area contributed by atoms with E-state index in [9.17, 15) is 8.42 Å². The third-order valence-electron chi connectivity index (χ3n) is 2.92. The number of sulfonamides is 1. The second kappa shape index (κ2) is 6.68. The highest BCUT2D eigenvalue weighted by atomic mass is 32.2. The fraction of sp³-hybridized carbons (Fsp3) is 1.00. The molecule has 1 fully saturated rings. The average Bonchev–Trinajstić information content (AvgIpc) is 3.06. The molecule has 0 bridgehead atoms. The van der Waals surface area contributed by atoms with E-state index in [1.165, 1.54) is 12.8 Å². The second-order valence-electron chi connectivity index (χ2n) is 4.84. The van der Waals surface area contributed by atoms with Crippen LogP contribution in [0.3, 0.4) is 0 Å². The smallest absolute Gasteiger partial charge is 0.215 e. The van der Waals surface area contributed by atoms with Gasteiger partial charge in [0.1, 0.15) is 0 Å². The predicted molar refractivity (Wildman–Crippen MR) is 68.5 cm³/mol. The van der Waals surface area contributed by atoms with E-state index in [4.69, 9.17) is 4.74 Å². The van der Waals surface area contributed by atoms with Crippen molar-refractivity contribution >= 4 is 10.0 Å². The molecule has 2 N–H and O–H groups in total. The SMILES string of the molecule is COCCC(C)NS(=O)(=O)C(C)CNC1CC1. The molecule has 6 heteroatoms. The van der Waals surface area contributed by atoms with Crippen LogP contribution in [0.5, 0.6) is 0 Å². The number of nitrogens with one attached hydrogen (secondary N) is 2. The maximum Gasteiger partial charge on any atom is 0.215 e. The number of hydrogen-bond donors (Lipinski definition) is 2. The van der Waals surface area contributed by atoms with Crippen LogP contribution < -0.4 is 10.0 Å². The minimum Gasteiger partial charge on any atom is -0.385 e. The lowest BCUT2D eigenvalue weighted by atomic mass is 10.3. The Morgan fingerprint density at radius 2 is 2.00 bits per heavy atom. The molecule has 0 aromatic heterocycles. The van der Waals surface area contributed by atoms with E-state index < -0.39 is 15.3 Å². The Kier molecular flexibility index (Phi) is 5.85. The number of hydrogen-bond acceptors (Lipinski definition) is 4. The largest absolute Gasteiger partial charge is 0.385 e. The van der Waals surface area contributed by atoms with E-state index in [-0.39, 0.29) is 6.04 Å². The van der Waals surface area contributed by atoms with Gasteiger partial charge in [-0.25, -0.2) is 13.1 Å². The van der Waals surface area contributed by atoms with Crippen molar-refractivity contribution in [2.24, 2.45) is 0 Å². The van der Waals surface area contributed by atoms with Gasteiger partial charge in [-0.3, -0.25) is 0 Å². The summed E-state index contributed by atoms with van der Waals surface area (Å²) >= 11 is 0. The highest BCUT2D eigenvalue weighted by Crippen LogP contribution is 2.18. The summed E-state index contributed by atoms with van der Waals surface area (Å²) < 4.78 is 31.5. The van der Waals surface area contributed by atoms with Gasteiger partial charge >= 0.3 is 0 Å². The Bertz CT molecular complexity index is 315. The van der Waals surface area contributed by atoms with Gasteiger partial charge in [-0.2, -0.15) is 0 Å². The number of methoxy groups -OCH3 is 1. The van der Waals surface area contributed by atoms with Crippen LogP contribution in [0.15, 0.2) is 0 Å². The Balaban J connectivity index is 2.31. The molecule has 1 saturated carbocycles. The lowest BCUT2D eigenvalue weighted by Crippen LogP contribution is -2.43. The summed E-state index contributed by atoms with van der Waals surface area (Å²) in [4.78, 5) is 0. The standard InChI is InChI=1S/C11H24N2O3S/c1-9(6-7-16-3)13-17(14,15)10(2)8-12-11-4-5-11/h9-13H,4-8H2,1-3H3.